The summed E-state index contributed by atoms with van der Waals surface area (Å²) in [6.45, 7) is 4.40. The molecular formula is C15H22N2O3. The number of aliphatic hydroxyl groups is 1. The zero-order chi connectivity index (χ0) is 15.0. The van der Waals surface area contributed by atoms with Crippen LogP contribution in [0.3, 0.4) is 0 Å². The molecule has 1 rings (SSSR count). The maximum absolute atomic E-state index is 11.8. The van der Waals surface area contributed by atoms with Crippen molar-refractivity contribution in [3.05, 3.63) is 29.3 Å². The highest BCUT2D eigenvalue weighted by atomic mass is 16.3. The predicted molar refractivity (Wildman–Crippen MR) is 78.8 cm³/mol. The van der Waals surface area contributed by atoms with Crippen molar-refractivity contribution < 1.29 is 14.7 Å². The van der Waals surface area contributed by atoms with Crippen molar-refractivity contribution in [2.45, 2.75) is 33.1 Å². The molecule has 0 saturated carbocycles. The number of anilines is 1. The lowest BCUT2D eigenvalue weighted by Crippen LogP contribution is -2.23. The van der Waals surface area contributed by atoms with Crippen molar-refractivity contribution in [3.8, 4) is 0 Å². The van der Waals surface area contributed by atoms with E-state index < -0.39 is 0 Å². The molecule has 0 radical (unpaired) electrons. The predicted octanol–water partition coefficient (Wildman–Crippen LogP) is 1.85. The molecule has 110 valence electrons. The molecule has 2 amide bonds. The molecule has 3 N–H and O–H groups in total. The molecule has 0 unspecified atom stereocenters. The minimum Gasteiger partial charge on any atom is -0.396 e. The fourth-order valence-corrected chi connectivity index (χ4v) is 1.77. The van der Waals surface area contributed by atoms with Gasteiger partial charge in [-0.15, -0.1) is 0 Å². The molecule has 0 aliphatic rings. The molecule has 20 heavy (non-hydrogen) atoms. The summed E-state index contributed by atoms with van der Waals surface area (Å²) in [7, 11) is 0. The number of hydrogen-bond acceptors (Lipinski definition) is 3. The lowest BCUT2D eigenvalue weighted by atomic mass is 10.1. The summed E-state index contributed by atoms with van der Waals surface area (Å²) in [5.41, 5.74) is 2.10. The summed E-state index contributed by atoms with van der Waals surface area (Å²) in [5.74, 6) is -0.252. The van der Waals surface area contributed by atoms with Gasteiger partial charge in [-0.3, -0.25) is 9.59 Å². The molecule has 0 aliphatic heterocycles. The quantitative estimate of drug-likeness (QED) is 0.666. The third-order valence-electron chi connectivity index (χ3n) is 2.92. The highest BCUT2D eigenvalue weighted by molar-refractivity contribution is 5.97. The number of nitrogens with one attached hydrogen (secondary N) is 2. The van der Waals surface area contributed by atoms with Gasteiger partial charge in [0.1, 0.15) is 0 Å². The van der Waals surface area contributed by atoms with Gasteiger partial charge in [0, 0.05) is 30.8 Å². The Kier molecular flexibility index (Phi) is 6.73. The Bertz CT molecular complexity index is 472. The summed E-state index contributed by atoms with van der Waals surface area (Å²) < 4.78 is 0. The fourth-order valence-electron chi connectivity index (χ4n) is 1.77. The van der Waals surface area contributed by atoms with Gasteiger partial charge in [-0.25, -0.2) is 0 Å². The van der Waals surface area contributed by atoms with Crippen LogP contribution in [-0.4, -0.2) is 30.1 Å². The number of benzene rings is 1. The summed E-state index contributed by atoms with van der Waals surface area (Å²) in [5, 5.41) is 14.2. The molecule has 0 spiro atoms. The molecule has 5 nitrogen and oxygen atoms in total. The Balaban J connectivity index is 2.71. The van der Waals surface area contributed by atoms with Crippen molar-refractivity contribution in [2.75, 3.05) is 18.5 Å². The summed E-state index contributed by atoms with van der Waals surface area (Å²) in [6, 6.07) is 5.24. The number of unbranched alkanes of at least 4 members (excludes halogenated alkanes) is 1. The SMILES string of the molecule is CCNC(=O)c1ccc(C)c(NC(=O)CCCCO)c1. The van der Waals surface area contributed by atoms with Gasteiger partial charge in [0.05, 0.1) is 0 Å². The van der Waals surface area contributed by atoms with Crippen LogP contribution in [0, 0.1) is 6.92 Å². The van der Waals surface area contributed by atoms with Crippen LogP contribution in [0.4, 0.5) is 5.69 Å². The topological polar surface area (TPSA) is 78.4 Å². The average molecular weight is 278 g/mol. The van der Waals surface area contributed by atoms with Crippen molar-refractivity contribution in [1.82, 2.24) is 5.32 Å². The molecule has 0 aliphatic carbocycles. The van der Waals surface area contributed by atoms with E-state index in [9.17, 15) is 9.59 Å². The number of rotatable bonds is 7. The lowest BCUT2D eigenvalue weighted by Gasteiger charge is -2.10. The zero-order valence-corrected chi connectivity index (χ0v) is 12.0. The number of aryl methyl sites for hydroxylation is 1. The van der Waals surface area contributed by atoms with E-state index in [2.05, 4.69) is 10.6 Å². The van der Waals surface area contributed by atoms with Crippen molar-refractivity contribution in [3.63, 3.8) is 0 Å². The van der Waals surface area contributed by atoms with Crippen LogP contribution in [0.2, 0.25) is 0 Å². The van der Waals surface area contributed by atoms with Crippen LogP contribution in [0.15, 0.2) is 18.2 Å². The van der Waals surface area contributed by atoms with Crippen LogP contribution in [-0.2, 0) is 4.79 Å². The zero-order valence-electron chi connectivity index (χ0n) is 12.0. The first-order valence-electron chi connectivity index (χ1n) is 6.88. The van der Waals surface area contributed by atoms with Crippen molar-refractivity contribution in [1.29, 1.82) is 0 Å². The lowest BCUT2D eigenvalue weighted by molar-refractivity contribution is -0.116. The Morgan fingerprint density at radius 1 is 1.25 bits per heavy atom. The molecule has 1 aromatic carbocycles. The molecule has 0 fully saturated rings. The van der Waals surface area contributed by atoms with Crippen molar-refractivity contribution in [2.24, 2.45) is 0 Å². The number of hydrogen-bond donors (Lipinski definition) is 3. The second-order valence-corrected chi connectivity index (χ2v) is 4.62. The molecule has 0 bridgehead atoms. The van der Waals surface area contributed by atoms with E-state index in [4.69, 9.17) is 5.11 Å². The monoisotopic (exact) mass is 278 g/mol. The van der Waals surface area contributed by atoms with Crippen LogP contribution >= 0.6 is 0 Å². The van der Waals surface area contributed by atoms with E-state index >= 15 is 0 Å². The van der Waals surface area contributed by atoms with Gasteiger partial charge in [-0.05, 0) is 44.4 Å². The average Bonchev–Trinajstić information content (AvgIpc) is 2.42. The van der Waals surface area contributed by atoms with Gasteiger partial charge < -0.3 is 15.7 Å². The first-order chi connectivity index (χ1) is 9.58. The maximum Gasteiger partial charge on any atom is 0.251 e. The van der Waals surface area contributed by atoms with E-state index in [0.29, 0.717) is 37.1 Å². The van der Waals surface area contributed by atoms with Crippen LogP contribution in [0.25, 0.3) is 0 Å². The molecular weight excluding hydrogens is 256 g/mol. The van der Waals surface area contributed by atoms with Crippen LogP contribution in [0.5, 0.6) is 0 Å². The third kappa shape index (κ3) is 5.01. The summed E-state index contributed by atoms with van der Waals surface area (Å²) in [6.07, 6.45) is 1.63. The highest BCUT2D eigenvalue weighted by Crippen LogP contribution is 2.17. The van der Waals surface area contributed by atoms with Crippen LogP contribution in [0.1, 0.15) is 42.1 Å². The van der Waals surface area contributed by atoms with Gasteiger partial charge >= 0.3 is 0 Å². The Hall–Kier alpha value is -1.88. The van der Waals surface area contributed by atoms with Crippen molar-refractivity contribution >= 4 is 17.5 Å². The fraction of sp³-hybridized carbons (Fsp3) is 0.467. The molecule has 0 aromatic heterocycles. The molecule has 0 saturated heterocycles. The normalized spacial score (nSPS) is 10.2. The highest BCUT2D eigenvalue weighted by Gasteiger charge is 2.09. The number of carbonyl (C=O) groups excluding carboxylic acids is 2. The standard InChI is InChI=1S/C15H22N2O3/c1-3-16-15(20)12-8-7-11(2)13(10-12)17-14(19)6-4-5-9-18/h7-8,10,18H,3-6,9H2,1-2H3,(H,16,20)(H,17,19). The van der Waals surface area contributed by atoms with E-state index in [1.54, 1.807) is 12.1 Å². The van der Waals surface area contributed by atoms with E-state index in [-0.39, 0.29) is 18.4 Å². The first kappa shape index (κ1) is 16.2. The molecule has 0 heterocycles. The smallest absolute Gasteiger partial charge is 0.251 e. The van der Waals surface area contributed by atoms with Gasteiger partial charge in [0.15, 0.2) is 0 Å². The number of carbonyl (C=O) groups is 2. The van der Waals surface area contributed by atoms with Gasteiger partial charge in [0.25, 0.3) is 5.91 Å². The van der Waals surface area contributed by atoms with E-state index in [1.807, 2.05) is 19.9 Å². The summed E-state index contributed by atoms with van der Waals surface area (Å²) >= 11 is 0. The minimum atomic E-state index is -0.150. The van der Waals surface area contributed by atoms with E-state index in [1.165, 1.54) is 0 Å². The Morgan fingerprint density at radius 2 is 2.00 bits per heavy atom. The molecule has 5 heteroatoms. The maximum atomic E-state index is 11.8. The Labute approximate surface area is 119 Å². The van der Waals surface area contributed by atoms with Gasteiger partial charge in [0.2, 0.25) is 5.91 Å². The second kappa shape index (κ2) is 8.32. The second-order valence-electron chi connectivity index (χ2n) is 4.62. The molecule has 1 aromatic rings. The minimum absolute atomic E-state index is 0.0962. The van der Waals surface area contributed by atoms with Gasteiger partial charge in [-0.1, -0.05) is 6.07 Å². The summed E-state index contributed by atoms with van der Waals surface area (Å²) in [4.78, 5) is 23.5. The van der Waals surface area contributed by atoms with Gasteiger partial charge in [-0.2, -0.15) is 0 Å². The third-order valence-corrected chi connectivity index (χ3v) is 2.92. The first-order valence-corrected chi connectivity index (χ1v) is 6.88. The largest absolute Gasteiger partial charge is 0.396 e. The van der Waals surface area contributed by atoms with E-state index in [0.717, 1.165) is 5.56 Å². The molecule has 0 atom stereocenters. The number of amides is 2. The number of aliphatic hydroxyl groups excluding tert-OH is 1. The van der Waals surface area contributed by atoms with Crippen LogP contribution < -0.4 is 10.6 Å². The Morgan fingerprint density at radius 3 is 2.65 bits per heavy atom.